The third-order valence-electron chi connectivity index (χ3n) is 3.78. The van der Waals surface area contributed by atoms with Gasteiger partial charge in [0.25, 0.3) is 0 Å². The van der Waals surface area contributed by atoms with Gasteiger partial charge in [-0.2, -0.15) is 5.26 Å². The Morgan fingerprint density at radius 2 is 1.89 bits per heavy atom. The van der Waals surface area contributed by atoms with Gasteiger partial charge in [-0.15, -0.1) is 0 Å². The van der Waals surface area contributed by atoms with Gasteiger partial charge in [-0.3, -0.25) is 4.90 Å². The van der Waals surface area contributed by atoms with Crippen molar-refractivity contribution < 1.29 is 0 Å². The van der Waals surface area contributed by atoms with E-state index < -0.39 is 0 Å². The summed E-state index contributed by atoms with van der Waals surface area (Å²) in [6.45, 7) is 6.27. The van der Waals surface area contributed by atoms with Crippen molar-refractivity contribution in [3.8, 4) is 6.07 Å². The first kappa shape index (κ1) is 13.2. The summed E-state index contributed by atoms with van der Waals surface area (Å²) in [7, 11) is 2.15. The maximum Gasteiger partial charge on any atom is 0.101 e. The molecule has 0 saturated carbocycles. The number of piperazine rings is 1. The van der Waals surface area contributed by atoms with Crippen LogP contribution >= 0.6 is 11.6 Å². The normalized spacial score (nSPS) is 24.9. The Labute approximate surface area is 114 Å². The molecule has 0 aliphatic carbocycles. The molecule has 0 aromatic heterocycles. The van der Waals surface area contributed by atoms with Crippen molar-refractivity contribution in [2.24, 2.45) is 0 Å². The maximum atomic E-state index is 9.19. The Bertz CT molecular complexity index is 468. The average molecular weight is 264 g/mol. The van der Waals surface area contributed by atoms with Gasteiger partial charge in [-0.1, -0.05) is 11.6 Å². The first-order valence-electron chi connectivity index (χ1n) is 6.19. The van der Waals surface area contributed by atoms with E-state index in [0.717, 1.165) is 18.8 Å². The minimum atomic E-state index is 0.472. The standard InChI is InChI=1S/C14H18ClN3/c1-10-8-18(9-11(2)17(10)3)14-6-13(15)5-4-12(14)7-16/h4-6,10-11H,8-9H2,1-3H3. The quantitative estimate of drug-likeness (QED) is 0.781. The number of nitrogens with zero attached hydrogens (tertiary/aromatic N) is 3. The molecule has 0 bridgehead atoms. The van der Waals surface area contributed by atoms with Crippen LogP contribution in [0, 0.1) is 11.3 Å². The second-order valence-corrected chi connectivity index (χ2v) is 5.48. The number of hydrogen-bond donors (Lipinski definition) is 0. The molecule has 0 radical (unpaired) electrons. The molecule has 2 unspecified atom stereocenters. The van der Waals surface area contributed by atoms with Crippen LogP contribution in [0.4, 0.5) is 5.69 Å². The molecule has 1 saturated heterocycles. The lowest BCUT2D eigenvalue weighted by Gasteiger charge is -2.43. The molecule has 1 aromatic rings. The topological polar surface area (TPSA) is 30.3 Å². The summed E-state index contributed by atoms with van der Waals surface area (Å²) < 4.78 is 0. The van der Waals surface area contributed by atoms with Gasteiger partial charge in [0, 0.05) is 30.2 Å². The van der Waals surface area contributed by atoms with Crippen LogP contribution in [0.25, 0.3) is 0 Å². The number of likely N-dealkylation sites (N-methyl/N-ethyl adjacent to an activating group) is 1. The molecule has 0 N–H and O–H groups in total. The Balaban J connectivity index is 2.32. The molecule has 2 atom stereocenters. The minimum absolute atomic E-state index is 0.472. The highest BCUT2D eigenvalue weighted by atomic mass is 35.5. The van der Waals surface area contributed by atoms with E-state index in [1.807, 2.05) is 6.07 Å². The summed E-state index contributed by atoms with van der Waals surface area (Å²) in [5.41, 5.74) is 1.65. The fraction of sp³-hybridized carbons (Fsp3) is 0.500. The van der Waals surface area contributed by atoms with Crippen LogP contribution < -0.4 is 4.90 Å². The number of nitriles is 1. The molecule has 96 valence electrons. The molecule has 3 nitrogen and oxygen atoms in total. The highest BCUT2D eigenvalue weighted by molar-refractivity contribution is 6.30. The Morgan fingerprint density at radius 1 is 1.28 bits per heavy atom. The Kier molecular flexibility index (Phi) is 3.79. The Morgan fingerprint density at radius 3 is 2.44 bits per heavy atom. The van der Waals surface area contributed by atoms with Crippen molar-refractivity contribution in [3.05, 3.63) is 28.8 Å². The van der Waals surface area contributed by atoms with Gasteiger partial charge in [0.1, 0.15) is 6.07 Å². The Hall–Kier alpha value is -1.24. The average Bonchev–Trinajstić information content (AvgIpc) is 2.35. The van der Waals surface area contributed by atoms with Crippen LogP contribution in [0.2, 0.25) is 5.02 Å². The fourth-order valence-electron chi connectivity index (χ4n) is 2.46. The summed E-state index contributed by atoms with van der Waals surface area (Å²) in [5.74, 6) is 0. The molecular formula is C14H18ClN3. The van der Waals surface area contributed by atoms with E-state index in [0.29, 0.717) is 22.7 Å². The lowest BCUT2D eigenvalue weighted by Crippen LogP contribution is -2.55. The predicted octanol–water partition coefficient (Wildman–Crippen LogP) is 2.74. The largest absolute Gasteiger partial charge is 0.367 e. The van der Waals surface area contributed by atoms with E-state index >= 15 is 0 Å². The van der Waals surface area contributed by atoms with Crippen molar-refractivity contribution in [1.29, 1.82) is 5.26 Å². The SMILES string of the molecule is CC1CN(c2cc(Cl)ccc2C#N)CC(C)N1C. The van der Waals surface area contributed by atoms with Gasteiger partial charge in [0.05, 0.1) is 11.3 Å². The van der Waals surface area contributed by atoms with E-state index in [9.17, 15) is 5.26 Å². The molecule has 1 heterocycles. The second-order valence-electron chi connectivity index (χ2n) is 5.04. The van der Waals surface area contributed by atoms with E-state index in [-0.39, 0.29) is 0 Å². The molecule has 1 aliphatic rings. The fourth-order valence-corrected chi connectivity index (χ4v) is 2.63. The third kappa shape index (κ3) is 2.45. The molecule has 1 aliphatic heterocycles. The number of rotatable bonds is 1. The van der Waals surface area contributed by atoms with Gasteiger partial charge in [-0.25, -0.2) is 0 Å². The van der Waals surface area contributed by atoms with Crippen LogP contribution in [-0.2, 0) is 0 Å². The van der Waals surface area contributed by atoms with Gasteiger partial charge >= 0.3 is 0 Å². The van der Waals surface area contributed by atoms with Crippen LogP contribution in [0.5, 0.6) is 0 Å². The summed E-state index contributed by atoms with van der Waals surface area (Å²) in [6, 6.07) is 8.65. The summed E-state index contributed by atoms with van der Waals surface area (Å²) in [4.78, 5) is 4.63. The number of benzene rings is 1. The number of anilines is 1. The zero-order valence-corrected chi connectivity index (χ0v) is 11.8. The van der Waals surface area contributed by atoms with Gasteiger partial charge < -0.3 is 4.90 Å². The monoisotopic (exact) mass is 263 g/mol. The molecule has 1 aromatic carbocycles. The number of hydrogen-bond acceptors (Lipinski definition) is 3. The van der Waals surface area contributed by atoms with Gasteiger partial charge in [-0.05, 0) is 39.1 Å². The van der Waals surface area contributed by atoms with Crippen LogP contribution in [0.15, 0.2) is 18.2 Å². The van der Waals surface area contributed by atoms with E-state index in [2.05, 4.69) is 36.8 Å². The maximum absolute atomic E-state index is 9.19. The van der Waals surface area contributed by atoms with Crippen molar-refractivity contribution in [1.82, 2.24) is 4.90 Å². The molecule has 2 rings (SSSR count). The third-order valence-corrected chi connectivity index (χ3v) is 4.02. The zero-order valence-electron chi connectivity index (χ0n) is 11.0. The van der Waals surface area contributed by atoms with Crippen molar-refractivity contribution in [2.45, 2.75) is 25.9 Å². The van der Waals surface area contributed by atoms with Gasteiger partial charge in [0.2, 0.25) is 0 Å². The second kappa shape index (κ2) is 5.17. The molecule has 18 heavy (non-hydrogen) atoms. The first-order chi connectivity index (χ1) is 8.52. The first-order valence-corrected chi connectivity index (χ1v) is 6.57. The number of halogens is 1. The van der Waals surface area contributed by atoms with Crippen molar-refractivity contribution >= 4 is 17.3 Å². The van der Waals surface area contributed by atoms with E-state index in [1.165, 1.54) is 0 Å². The lowest BCUT2D eigenvalue weighted by molar-refractivity contribution is 0.170. The predicted molar refractivity (Wildman–Crippen MR) is 75.1 cm³/mol. The highest BCUT2D eigenvalue weighted by Crippen LogP contribution is 2.27. The van der Waals surface area contributed by atoms with E-state index in [4.69, 9.17) is 11.6 Å². The summed E-state index contributed by atoms with van der Waals surface area (Å²) in [5, 5.41) is 9.88. The van der Waals surface area contributed by atoms with Crippen LogP contribution in [0.3, 0.4) is 0 Å². The van der Waals surface area contributed by atoms with Crippen molar-refractivity contribution in [2.75, 3.05) is 25.0 Å². The molecule has 0 spiro atoms. The smallest absolute Gasteiger partial charge is 0.101 e. The molecule has 1 fully saturated rings. The molecular weight excluding hydrogens is 246 g/mol. The highest BCUT2D eigenvalue weighted by Gasteiger charge is 2.27. The van der Waals surface area contributed by atoms with Crippen LogP contribution in [0.1, 0.15) is 19.4 Å². The summed E-state index contributed by atoms with van der Waals surface area (Å²) in [6.07, 6.45) is 0. The van der Waals surface area contributed by atoms with Crippen LogP contribution in [-0.4, -0.2) is 37.1 Å². The van der Waals surface area contributed by atoms with Gasteiger partial charge in [0.15, 0.2) is 0 Å². The molecule has 4 heteroatoms. The summed E-state index contributed by atoms with van der Waals surface area (Å²) >= 11 is 6.05. The van der Waals surface area contributed by atoms with E-state index in [1.54, 1.807) is 12.1 Å². The minimum Gasteiger partial charge on any atom is -0.367 e. The van der Waals surface area contributed by atoms with Crippen molar-refractivity contribution in [3.63, 3.8) is 0 Å². The molecule has 0 amide bonds. The zero-order chi connectivity index (χ0) is 13.3. The lowest BCUT2D eigenvalue weighted by atomic mass is 10.1.